The molecule has 0 bridgehead atoms. The van der Waals surface area contributed by atoms with Gasteiger partial charge in [0, 0.05) is 0 Å². The van der Waals surface area contributed by atoms with Crippen LogP contribution in [0, 0.1) is 0 Å². The minimum Gasteiger partial charge on any atom is -0.370 e. The van der Waals surface area contributed by atoms with Crippen LogP contribution in [0.4, 0.5) is 0 Å². The molecule has 22 heavy (non-hydrogen) atoms. The fourth-order valence-electron chi connectivity index (χ4n) is 1.42. The predicted molar refractivity (Wildman–Crippen MR) is 74.3 cm³/mol. The molecule has 0 aliphatic carbocycles. The van der Waals surface area contributed by atoms with E-state index in [1.807, 2.05) is 0 Å². The van der Waals surface area contributed by atoms with Crippen LogP contribution in [0.15, 0.2) is 0 Å². The largest absolute Gasteiger partial charge is 0.370 e. The van der Waals surface area contributed by atoms with Crippen molar-refractivity contribution in [3.05, 3.63) is 0 Å². The summed E-state index contributed by atoms with van der Waals surface area (Å²) in [6, 6.07) is -3.57. The predicted octanol–water partition coefficient (Wildman–Crippen LogP) is -4.46. The Hall–Kier alpha value is -2.69. The van der Waals surface area contributed by atoms with E-state index in [-0.39, 0.29) is 6.42 Å². The average Bonchev–Trinajstić information content (AvgIpc) is 2.35. The van der Waals surface area contributed by atoms with E-state index in [4.69, 9.17) is 22.9 Å². The van der Waals surface area contributed by atoms with Gasteiger partial charge in [-0.2, -0.15) is 0 Å². The van der Waals surface area contributed by atoms with Crippen LogP contribution in [0.3, 0.4) is 0 Å². The summed E-state index contributed by atoms with van der Waals surface area (Å²) in [6.45, 7) is 1.31. The van der Waals surface area contributed by atoms with Gasteiger partial charge < -0.3 is 33.6 Å². The number of carbonyl (C=O) groups excluding carboxylic acids is 5. The molecule has 0 saturated carbocycles. The van der Waals surface area contributed by atoms with Gasteiger partial charge in [-0.1, -0.05) is 0 Å². The van der Waals surface area contributed by atoms with Gasteiger partial charge in [-0.15, -0.1) is 0 Å². The number of rotatable bonds is 9. The van der Waals surface area contributed by atoms with Gasteiger partial charge in [0.25, 0.3) is 0 Å². The Bertz CT molecular complexity index is 480. The van der Waals surface area contributed by atoms with Gasteiger partial charge in [0.1, 0.15) is 12.1 Å². The van der Waals surface area contributed by atoms with Crippen molar-refractivity contribution < 1.29 is 24.0 Å². The molecule has 0 rings (SSSR count). The van der Waals surface area contributed by atoms with Crippen molar-refractivity contribution in [2.45, 2.75) is 37.9 Å². The zero-order valence-corrected chi connectivity index (χ0v) is 12.0. The van der Waals surface area contributed by atoms with Gasteiger partial charge in [-0.05, 0) is 6.92 Å². The molecular formula is C11H20N6O5. The molecule has 0 aliphatic heterocycles. The van der Waals surface area contributed by atoms with E-state index in [0.717, 1.165) is 0 Å². The fraction of sp³-hybridized carbons (Fsp3) is 0.545. The first-order valence-electron chi connectivity index (χ1n) is 6.26. The third-order valence-electron chi connectivity index (χ3n) is 2.58. The quantitative estimate of drug-likeness (QED) is 0.246. The Kier molecular flexibility index (Phi) is 7.52. The number of hydrogen-bond acceptors (Lipinski definition) is 6. The fourth-order valence-corrected chi connectivity index (χ4v) is 1.42. The summed E-state index contributed by atoms with van der Waals surface area (Å²) in [7, 11) is 0. The summed E-state index contributed by atoms with van der Waals surface area (Å²) in [5.74, 6) is -4.09. The van der Waals surface area contributed by atoms with Crippen LogP contribution in [0.5, 0.6) is 0 Å². The molecule has 0 spiro atoms. The smallest absolute Gasteiger partial charge is 0.242 e. The van der Waals surface area contributed by atoms with E-state index < -0.39 is 54.1 Å². The van der Waals surface area contributed by atoms with Crippen LogP contribution in [0.2, 0.25) is 0 Å². The molecule has 0 aromatic carbocycles. The number of nitrogens with two attached hydrogens (primary N) is 4. The third kappa shape index (κ3) is 7.19. The van der Waals surface area contributed by atoms with Crippen molar-refractivity contribution in [3.63, 3.8) is 0 Å². The van der Waals surface area contributed by atoms with Crippen LogP contribution in [0.25, 0.3) is 0 Å². The number of hydrogen-bond donors (Lipinski definition) is 6. The van der Waals surface area contributed by atoms with Gasteiger partial charge in [0.05, 0.1) is 18.9 Å². The summed E-state index contributed by atoms with van der Waals surface area (Å²) in [5, 5.41) is 4.40. The first-order chi connectivity index (χ1) is 10.0. The normalized spacial score (nSPS) is 14.3. The van der Waals surface area contributed by atoms with E-state index in [9.17, 15) is 24.0 Å². The lowest BCUT2D eigenvalue weighted by atomic mass is 10.1. The summed E-state index contributed by atoms with van der Waals surface area (Å²) in [6.07, 6.45) is -0.852. The standard InChI is InChI=1S/C11H20N6O5/c1-4(16-11(22)5(12)2-7(13)18)10(21)17-6(9(15)20)3-8(14)19/h4-6H,2-3,12H2,1H3,(H2,13,18)(H2,14,19)(H2,15,20)(H,16,22)(H,17,21)/t4-,5-,6-/m0/s1. The second-order valence-corrected chi connectivity index (χ2v) is 4.64. The van der Waals surface area contributed by atoms with Crippen LogP contribution < -0.4 is 33.6 Å². The summed E-state index contributed by atoms with van der Waals surface area (Å²) >= 11 is 0. The maximum Gasteiger partial charge on any atom is 0.242 e. The molecule has 3 atom stereocenters. The molecule has 0 saturated heterocycles. The number of nitrogens with one attached hydrogen (secondary N) is 2. The Morgan fingerprint density at radius 1 is 0.864 bits per heavy atom. The van der Waals surface area contributed by atoms with Crippen LogP contribution in [-0.2, 0) is 24.0 Å². The molecule has 124 valence electrons. The van der Waals surface area contributed by atoms with E-state index in [1.54, 1.807) is 0 Å². The SMILES string of the molecule is C[C@H](NC(=O)[C@@H](N)CC(N)=O)C(=O)N[C@@H](CC(N)=O)C(N)=O. The second-order valence-electron chi connectivity index (χ2n) is 4.64. The molecule has 0 radical (unpaired) electrons. The number of amides is 5. The molecule has 0 heterocycles. The molecular weight excluding hydrogens is 296 g/mol. The minimum absolute atomic E-state index is 0.383. The molecule has 11 heteroatoms. The molecule has 0 aliphatic rings. The molecule has 11 nitrogen and oxygen atoms in total. The summed E-state index contributed by atoms with van der Waals surface area (Å²) in [4.78, 5) is 55.9. The monoisotopic (exact) mass is 316 g/mol. The highest BCUT2D eigenvalue weighted by Gasteiger charge is 2.25. The van der Waals surface area contributed by atoms with E-state index in [0.29, 0.717) is 0 Å². The van der Waals surface area contributed by atoms with Crippen molar-refractivity contribution in [3.8, 4) is 0 Å². The van der Waals surface area contributed by atoms with Gasteiger partial charge in [-0.3, -0.25) is 24.0 Å². The molecule has 0 unspecified atom stereocenters. The van der Waals surface area contributed by atoms with Crippen LogP contribution >= 0.6 is 0 Å². The summed E-state index contributed by atoms with van der Waals surface area (Å²) in [5.41, 5.74) is 20.2. The van der Waals surface area contributed by atoms with Crippen LogP contribution in [0.1, 0.15) is 19.8 Å². The lowest BCUT2D eigenvalue weighted by molar-refractivity contribution is -0.132. The van der Waals surface area contributed by atoms with Crippen molar-refractivity contribution in [2.75, 3.05) is 0 Å². The molecule has 10 N–H and O–H groups in total. The lowest BCUT2D eigenvalue weighted by Crippen LogP contribution is -2.55. The van der Waals surface area contributed by atoms with Gasteiger partial charge in [0.2, 0.25) is 29.5 Å². The van der Waals surface area contributed by atoms with Gasteiger partial charge in [0.15, 0.2) is 0 Å². The van der Waals surface area contributed by atoms with E-state index >= 15 is 0 Å². The second kappa shape index (κ2) is 8.56. The maximum atomic E-state index is 11.8. The highest BCUT2D eigenvalue weighted by Crippen LogP contribution is 1.94. The third-order valence-corrected chi connectivity index (χ3v) is 2.58. The molecule has 0 fully saturated rings. The van der Waals surface area contributed by atoms with Crippen molar-refractivity contribution >= 4 is 29.5 Å². The highest BCUT2D eigenvalue weighted by atomic mass is 16.2. The first kappa shape index (κ1) is 19.3. The zero-order chi connectivity index (χ0) is 17.4. The molecule has 5 amide bonds. The van der Waals surface area contributed by atoms with Crippen LogP contribution in [-0.4, -0.2) is 47.7 Å². The Labute approximate surface area is 126 Å². The van der Waals surface area contributed by atoms with Crippen molar-refractivity contribution in [1.29, 1.82) is 0 Å². The zero-order valence-electron chi connectivity index (χ0n) is 12.0. The highest BCUT2D eigenvalue weighted by molar-refractivity contribution is 5.95. The van der Waals surface area contributed by atoms with Crippen molar-refractivity contribution in [2.24, 2.45) is 22.9 Å². The van der Waals surface area contributed by atoms with Crippen molar-refractivity contribution in [1.82, 2.24) is 10.6 Å². The lowest BCUT2D eigenvalue weighted by Gasteiger charge is -2.19. The Morgan fingerprint density at radius 2 is 1.36 bits per heavy atom. The molecule has 0 aromatic rings. The number of carbonyl (C=O) groups is 5. The van der Waals surface area contributed by atoms with E-state index in [2.05, 4.69) is 10.6 Å². The van der Waals surface area contributed by atoms with E-state index in [1.165, 1.54) is 6.92 Å². The van der Waals surface area contributed by atoms with Gasteiger partial charge >= 0.3 is 0 Å². The Morgan fingerprint density at radius 3 is 1.77 bits per heavy atom. The summed E-state index contributed by atoms with van der Waals surface area (Å²) < 4.78 is 0. The first-order valence-corrected chi connectivity index (χ1v) is 6.26. The minimum atomic E-state index is -1.29. The van der Waals surface area contributed by atoms with Gasteiger partial charge in [-0.25, -0.2) is 0 Å². The molecule has 0 aromatic heterocycles. The Balaban J connectivity index is 4.58. The maximum absolute atomic E-state index is 11.8. The number of primary amides is 3. The average molecular weight is 316 g/mol. The topological polar surface area (TPSA) is 213 Å².